The van der Waals surface area contributed by atoms with E-state index in [1.807, 2.05) is 25.1 Å². The lowest BCUT2D eigenvalue weighted by Crippen LogP contribution is -2.08. The van der Waals surface area contributed by atoms with E-state index in [-0.39, 0.29) is 5.78 Å². The van der Waals surface area contributed by atoms with E-state index < -0.39 is 0 Å². The molecule has 0 atom stereocenters. The Balaban J connectivity index is 1.85. The van der Waals surface area contributed by atoms with Crippen LogP contribution < -0.4 is 10.1 Å². The third-order valence-electron chi connectivity index (χ3n) is 3.11. The highest BCUT2D eigenvalue weighted by atomic mass is 16.5. The van der Waals surface area contributed by atoms with Crippen molar-refractivity contribution in [2.45, 2.75) is 13.3 Å². The highest BCUT2D eigenvalue weighted by Gasteiger charge is 2.05. The standard InChI is InChI=1S/C17H19NO2/c1-13-4-3-5-15(12-13)18-11-10-17(19)14-6-8-16(20-2)9-7-14/h3-9,12,18H,10-11H2,1-2H3. The normalized spacial score (nSPS) is 10.1. The molecule has 3 nitrogen and oxygen atoms in total. The molecule has 2 aromatic carbocycles. The summed E-state index contributed by atoms with van der Waals surface area (Å²) in [6.45, 7) is 2.68. The molecule has 0 bridgehead atoms. The number of nitrogens with one attached hydrogen (secondary N) is 1. The predicted octanol–water partition coefficient (Wildman–Crippen LogP) is 3.69. The topological polar surface area (TPSA) is 38.3 Å². The van der Waals surface area contributed by atoms with E-state index in [1.54, 1.807) is 31.4 Å². The first-order valence-corrected chi connectivity index (χ1v) is 6.67. The molecule has 0 aliphatic carbocycles. The quantitative estimate of drug-likeness (QED) is 0.813. The van der Waals surface area contributed by atoms with Gasteiger partial charge in [-0.05, 0) is 48.9 Å². The zero-order valence-electron chi connectivity index (χ0n) is 11.8. The van der Waals surface area contributed by atoms with Gasteiger partial charge in [-0.25, -0.2) is 0 Å². The minimum Gasteiger partial charge on any atom is -0.497 e. The van der Waals surface area contributed by atoms with Crippen LogP contribution in [0, 0.1) is 6.92 Å². The molecular weight excluding hydrogens is 250 g/mol. The van der Waals surface area contributed by atoms with E-state index in [1.165, 1.54) is 5.56 Å². The summed E-state index contributed by atoms with van der Waals surface area (Å²) in [5, 5.41) is 3.26. The summed E-state index contributed by atoms with van der Waals surface area (Å²) in [5.41, 5.74) is 2.97. The van der Waals surface area contributed by atoms with Gasteiger partial charge in [0.05, 0.1) is 7.11 Å². The predicted molar refractivity (Wildman–Crippen MR) is 81.6 cm³/mol. The summed E-state index contributed by atoms with van der Waals surface area (Å²) in [6.07, 6.45) is 0.472. The van der Waals surface area contributed by atoms with Gasteiger partial charge in [0, 0.05) is 24.2 Å². The van der Waals surface area contributed by atoms with Crippen molar-refractivity contribution >= 4 is 11.5 Å². The number of anilines is 1. The molecule has 0 saturated carbocycles. The van der Waals surface area contributed by atoms with E-state index >= 15 is 0 Å². The van der Waals surface area contributed by atoms with Crippen molar-refractivity contribution in [1.29, 1.82) is 0 Å². The van der Waals surface area contributed by atoms with Crippen LogP contribution in [0.1, 0.15) is 22.3 Å². The Morgan fingerprint density at radius 1 is 1.15 bits per heavy atom. The summed E-state index contributed by atoms with van der Waals surface area (Å²) in [6, 6.07) is 15.3. The summed E-state index contributed by atoms with van der Waals surface area (Å²) in [4.78, 5) is 12.0. The first-order chi connectivity index (χ1) is 9.69. The molecule has 0 aromatic heterocycles. The Kier molecular flexibility index (Phi) is 4.77. The number of benzene rings is 2. The molecule has 3 heteroatoms. The van der Waals surface area contributed by atoms with Crippen LogP contribution in [-0.2, 0) is 0 Å². The van der Waals surface area contributed by atoms with Crippen LogP contribution in [-0.4, -0.2) is 19.4 Å². The van der Waals surface area contributed by atoms with Crippen LogP contribution in [0.2, 0.25) is 0 Å². The highest BCUT2D eigenvalue weighted by molar-refractivity contribution is 5.96. The van der Waals surface area contributed by atoms with Gasteiger partial charge in [-0.2, -0.15) is 0 Å². The van der Waals surface area contributed by atoms with Crippen molar-refractivity contribution in [1.82, 2.24) is 0 Å². The van der Waals surface area contributed by atoms with E-state index in [2.05, 4.69) is 11.4 Å². The Morgan fingerprint density at radius 3 is 2.55 bits per heavy atom. The molecule has 0 radical (unpaired) electrons. The monoisotopic (exact) mass is 269 g/mol. The molecule has 0 unspecified atom stereocenters. The number of ketones is 1. The second-order valence-electron chi connectivity index (χ2n) is 4.70. The molecule has 0 amide bonds. The molecule has 20 heavy (non-hydrogen) atoms. The Labute approximate surface area is 119 Å². The fourth-order valence-corrected chi connectivity index (χ4v) is 2.00. The number of hydrogen-bond donors (Lipinski definition) is 1. The van der Waals surface area contributed by atoms with Gasteiger partial charge in [-0.3, -0.25) is 4.79 Å². The first kappa shape index (κ1) is 14.1. The van der Waals surface area contributed by atoms with Gasteiger partial charge in [0.1, 0.15) is 5.75 Å². The van der Waals surface area contributed by atoms with Gasteiger partial charge in [0.25, 0.3) is 0 Å². The lowest BCUT2D eigenvalue weighted by atomic mass is 10.1. The molecule has 104 valence electrons. The van der Waals surface area contributed by atoms with Gasteiger partial charge >= 0.3 is 0 Å². The average Bonchev–Trinajstić information content (AvgIpc) is 2.47. The van der Waals surface area contributed by atoms with Crippen molar-refractivity contribution in [2.24, 2.45) is 0 Å². The maximum absolute atomic E-state index is 12.0. The van der Waals surface area contributed by atoms with Crippen molar-refractivity contribution in [3.05, 3.63) is 59.7 Å². The Hall–Kier alpha value is -2.29. The first-order valence-electron chi connectivity index (χ1n) is 6.67. The van der Waals surface area contributed by atoms with E-state index in [9.17, 15) is 4.79 Å². The van der Waals surface area contributed by atoms with Gasteiger partial charge in [-0.15, -0.1) is 0 Å². The SMILES string of the molecule is COc1ccc(C(=O)CCNc2cccc(C)c2)cc1. The van der Waals surface area contributed by atoms with Crippen LogP contribution in [0.15, 0.2) is 48.5 Å². The van der Waals surface area contributed by atoms with Gasteiger partial charge in [-0.1, -0.05) is 12.1 Å². The summed E-state index contributed by atoms with van der Waals surface area (Å²) in [7, 11) is 1.61. The molecule has 0 saturated heterocycles. The minimum atomic E-state index is 0.132. The average molecular weight is 269 g/mol. The highest BCUT2D eigenvalue weighted by Crippen LogP contribution is 2.13. The smallest absolute Gasteiger partial charge is 0.164 e. The third kappa shape index (κ3) is 3.85. The van der Waals surface area contributed by atoms with Crippen LogP contribution in [0.25, 0.3) is 0 Å². The molecule has 0 fully saturated rings. The number of methoxy groups -OCH3 is 1. The van der Waals surface area contributed by atoms with Crippen LogP contribution in [0.5, 0.6) is 5.75 Å². The van der Waals surface area contributed by atoms with Gasteiger partial charge in [0.2, 0.25) is 0 Å². The third-order valence-corrected chi connectivity index (χ3v) is 3.11. The molecule has 2 aromatic rings. The Bertz CT molecular complexity index is 576. The second-order valence-corrected chi connectivity index (χ2v) is 4.70. The van der Waals surface area contributed by atoms with E-state index in [0.29, 0.717) is 13.0 Å². The molecule has 2 rings (SSSR count). The number of hydrogen-bond acceptors (Lipinski definition) is 3. The largest absolute Gasteiger partial charge is 0.497 e. The molecule has 0 aliphatic rings. The van der Waals surface area contributed by atoms with Crippen molar-refractivity contribution in [2.75, 3.05) is 19.0 Å². The molecule has 0 spiro atoms. The summed E-state index contributed by atoms with van der Waals surface area (Å²) >= 11 is 0. The lowest BCUT2D eigenvalue weighted by Gasteiger charge is -2.07. The number of rotatable bonds is 6. The summed E-state index contributed by atoms with van der Waals surface area (Å²) in [5.74, 6) is 0.896. The zero-order chi connectivity index (χ0) is 14.4. The number of aryl methyl sites for hydroxylation is 1. The fraction of sp³-hybridized carbons (Fsp3) is 0.235. The summed E-state index contributed by atoms with van der Waals surface area (Å²) < 4.78 is 5.08. The minimum absolute atomic E-state index is 0.132. The van der Waals surface area contributed by atoms with Gasteiger partial charge in [0.15, 0.2) is 5.78 Å². The second kappa shape index (κ2) is 6.75. The van der Waals surface area contributed by atoms with Crippen molar-refractivity contribution < 1.29 is 9.53 Å². The van der Waals surface area contributed by atoms with Crippen LogP contribution >= 0.6 is 0 Å². The number of Topliss-reactive ketones (excluding diaryl/α,β-unsaturated/α-hetero) is 1. The van der Waals surface area contributed by atoms with Crippen LogP contribution in [0.3, 0.4) is 0 Å². The molecule has 1 N–H and O–H groups in total. The van der Waals surface area contributed by atoms with Crippen LogP contribution in [0.4, 0.5) is 5.69 Å². The number of ether oxygens (including phenoxy) is 1. The molecule has 0 heterocycles. The van der Waals surface area contributed by atoms with Crippen molar-refractivity contribution in [3.63, 3.8) is 0 Å². The number of carbonyl (C=O) groups excluding carboxylic acids is 1. The molecular formula is C17H19NO2. The maximum Gasteiger partial charge on any atom is 0.164 e. The molecule has 0 aliphatic heterocycles. The maximum atomic E-state index is 12.0. The van der Waals surface area contributed by atoms with E-state index in [4.69, 9.17) is 4.74 Å². The zero-order valence-corrected chi connectivity index (χ0v) is 11.8. The van der Waals surface area contributed by atoms with E-state index in [0.717, 1.165) is 17.0 Å². The Morgan fingerprint density at radius 2 is 1.90 bits per heavy atom. The van der Waals surface area contributed by atoms with Gasteiger partial charge < -0.3 is 10.1 Å². The fourth-order valence-electron chi connectivity index (χ4n) is 2.00. The lowest BCUT2D eigenvalue weighted by molar-refractivity contribution is 0.0986. The number of carbonyl (C=O) groups is 1. The van der Waals surface area contributed by atoms with Crippen molar-refractivity contribution in [3.8, 4) is 5.75 Å².